The summed E-state index contributed by atoms with van der Waals surface area (Å²) in [6.07, 6.45) is 1.09. The third-order valence-corrected chi connectivity index (χ3v) is 2.78. The van der Waals surface area contributed by atoms with Crippen LogP contribution in [-0.2, 0) is 0 Å². The molecule has 0 unspecified atom stereocenters. The van der Waals surface area contributed by atoms with Crippen molar-refractivity contribution in [1.29, 1.82) is 0 Å². The van der Waals surface area contributed by atoms with Gasteiger partial charge in [0.05, 0.1) is 4.92 Å². The fourth-order valence-electron chi connectivity index (χ4n) is 1.40. The quantitative estimate of drug-likeness (QED) is 0.489. The van der Waals surface area contributed by atoms with Gasteiger partial charge in [-0.15, -0.1) is 0 Å². The highest BCUT2D eigenvalue weighted by molar-refractivity contribution is 6.31. The van der Waals surface area contributed by atoms with Crippen molar-refractivity contribution in [2.45, 2.75) is 6.92 Å². The maximum Gasteiger partial charge on any atom is 0.368 e. The Morgan fingerprint density at radius 3 is 2.68 bits per heavy atom. The van der Waals surface area contributed by atoms with Crippen LogP contribution in [-0.4, -0.2) is 14.9 Å². The van der Waals surface area contributed by atoms with E-state index in [0.717, 1.165) is 11.9 Å². The van der Waals surface area contributed by atoms with Crippen molar-refractivity contribution >= 4 is 28.9 Å². The number of rotatable bonds is 3. The molecule has 8 heteroatoms. The van der Waals surface area contributed by atoms with Gasteiger partial charge in [0.15, 0.2) is 0 Å². The molecule has 0 aliphatic heterocycles. The van der Waals surface area contributed by atoms with E-state index in [1.807, 2.05) is 0 Å². The number of aryl methyl sites for hydroxylation is 1. The van der Waals surface area contributed by atoms with Crippen LogP contribution in [0.25, 0.3) is 0 Å². The van der Waals surface area contributed by atoms with Gasteiger partial charge in [-0.2, -0.15) is 4.98 Å². The van der Waals surface area contributed by atoms with Crippen molar-refractivity contribution in [3.8, 4) is 11.6 Å². The van der Waals surface area contributed by atoms with Gasteiger partial charge in [0.25, 0.3) is 0 Å². The molecule has 2 rings (SSSR count). The topological polar surface area (TPSA) is 78.2 Å². The zero-order valence-corrected chi connectivity index (χ0v) is 11.1. The smallest absolute Gasteiger partial charge is 0.368 e. The maximum atomic E-state index is 10.9. The van der Waals surface area contributed by atoms with Crippen LogP contribution >= 0.6 is 23.2 Å². The Hall–Kier alpha value is -1.92. The van der Waals surface area contributed by atoms with E-state index in [0.29, 0.717) is 10.8 Å². The predicted octanol–water partition coefficient (Wildman–Crippen LogP) is 3.79. The van der Waals surface area contributed by atoms with Crippen LogP contribution in [0, 0.1) is 17.0 Å². The lowest BCUT2D eigenvalue weighted by Gasteiger charge is -2.08. The minimum absolute atomic E-state index is 0.213. The lowest BCUT2D eigenvalue weighted by Crippen LogP contribution is -1.99. The Morgan fingerprint density at radius 2 is 2.05 bits per heavy atom. The van der Waals surface area contributed by atoms with Crippen molar-refractivity contribution in [2.75, 3.05) is 0 Å². The van der Waals surface area contributed by atoms with Crippen LogP contribution in [0.1, 0.15) is 5.56 Å². The van der Waals surface area contributed by atoms with Gasteiger partial charge in [-0.1, -0.05) is 23.2 Å². The van der Waals surface area contributed by atoms with E-state index < -0.39 is 10.6 Å². The molecule has 0 radical (unpaired) electrons. The molecule has 0 fully saturated rings. The number of halogens is 2. The van der Waals surface area contributed by atoms with Gasteiger partial charge in [0.2, 0.25) is 5.15 Å². The maximum absolute atomic E-state index is 10.9. The van der Waals surface area contributed by atoms with Crippen LogP contribution in [0.15, 0.2) is 24.5 Å². The van der Waals surface area contributed by atoms with Crippen molar-refractivity contribution in [3.05, 3.63) is 50.4 Å². The summed E-state index contributed by atoms with van der Waals surface area (Å²) in [5.74, 6) is 0.192. The minimum Gasteiger partial charge on any atom is -0.433 e. The van der Waals surface area contributed by atoms with Gasteiger partial charge in [0.1, 0.15) is 12.1 Å². The first-order valence-corrected chi connectivity index (χ1v) is 5.83. The minimum atomic E-state index is -0.692. The number of aromatic nitrogens is 2. The first kappa shape index (κ1) is 13.5. The summed E-state index contributed by atoms with van der Waals surface area (Å²) in [4.78, 5) is 17.5. The van der Waals surface area contributed by atoms with Crippen LogP contribution in [0.4, 0.5) is 5.69 Å². The Morgan fingerprint density at radius 1 is 1.32 bits per heavy atom. The van der Waals surface area contributed by atoms with Gasteiger partial charge in [-0.25, -0.2) is 4.98 Å². The second-order valence-electron chi connectivity index (χ2n) is 3.59. The van der Waals surface area contributed by atoms with Crippen molar-refractivity contribution in [2.24, 2.45) is 0 Å². The van der Waals surface area contributed by atoms with Crippen LogP contribution in [0.5, 0.6) is 11.6 Å². The standard InChI is InChI=1S/C11H7Cl2N3O3/c1-6-4-7(12)2-3-8(6)19-11-9(16(17)18)10(13)14-5-15-11/h2-5H,1H3. The monoisotopic (exact) mass is 299 g/mol. The fourth-order valence-corrected chi connectivity index (χ4v) is 1.82. The molecule has 0 saturated carbocycles. The summed E-state index contributed by atoms with van der Waals surface area (Å²) in [6, 6.07) is 4.88. The van der Waals surface area contributed by atoms with Gasteiger partial charge in [0, 0.05) is 5.02 Å². The summed E-state index contributed by atoms with van der Waals surface area (Å²) < 4.78 is 5.40. The molecule has 19 heavy (non-hydrogen) atoms. The van der Waals surface area contributed by atoms with Gasteiger partial charge >= 0.3 is 11.6 Å². The largest absolute Gasteiger partial charge is 0.433 e. The molecule has 0 aliphatic rings. The summed E-state index contributed by atoms with van der Waals surface area (Å²) in [5.41, 5.74) is 0.245. The third-order valence-electron chi connectivity index (χ3n) is 2.27. The molecule has 0 aliphatic carbocycles. The van der Waals surface area contributed by atoms with Gasteiger partial charge in [-0.3, -0.25) is 10.1 Å². The molecule has 6 nitrogen and oxygen atoms in total. The van der Waals surface area contributed by atoms with E-state index in [-0.39, 0.29) is 11.0 Å². The van der Waals surface area contributed by atoms with Crippen LogP contribution < -0.4 is 4.74 Å². The molecule has 1 aromatic heterocycles. The van der Waals surface area contributed by atoms with Gasteiger partial charge < -0.3 is 4.74 Å². The van der Waals surface area contributed by atoms with Crippen molar-refractivity contribution < 1.29 is 9.66 Å². The summed E-state index contributed by atoms with van der Waals surface area (Å²) in [7, 11) is 0. The molecule has 0 spiro atoms. The van der Waals surface area contributed by atoms with E-state index in [1.165, 1.54) is 0 Å². The number of ether oxygens (including phenoxy) is 1. The van der Waals surface area contributed by atoms with Crippen molar-refractivity contribution in [3.63, 3.8) is 0 Å². The van der Waals surface area contributed by atoms with Gasteiger partial charge in [-0.05, 0) is 30.7 Å². The number of nitrogens with zero attached hydrogens (tertiary/aromatic N) is 3. The van der Waals surface area contributed by atoms with E-state index in [4.69, 9.17) is 27.9 Å². The van der Waals surface area contributed by atoms with E-state index in [1.54, 1.807) is 25.1 Å². The van der Waals surface area contributed by atoms with Crippen molar-refractivity contribution in [1.82, 2.24) is 9.97 Å². The van der Waals surface area contributed by atoms with E-state index >= 15 is 0 Å². The molecule has 1 heterocycles. The molecule has 0 atom stereocenters. The SMILES string of the molecule is Cc1cc(Cl)ccc1Oc1ncnc(Cl)c1[N+](=O)[O-]. The zero-order chi connectivity index (χ0) is 14.0. The molecule has 0 bridgehead atoms. The predicted molar refractivity (Wildman–Crippen MR) is 70.0 cm³/mol. The molecule has 1 aromatic carbocycles. The summed E-state index contributed by atoms with van der Waals surface area (Å²) >= 11 is 11.5. The normalized spacial score (nSPS) is 10.3. The highest BCUT2D eigenvalue weighted by atomic mass is 35.5. The fraction of sp³-hybridized carbons (Fsp3) is 0.0909. The summed E-state index contributed by atoms with van der Waals surface area (Å²) in [5, 5.41) is 11.2. The molecule has 0 saturated heterocycles. The van der Waals surface area contributed by atoms with E-state index in [2.05, 4.69) is 9.97 Å². The number of hydrogen-bond acceptors (Lipinski definition) is 5. The Bertz CT molecular complexity index is 649. The molecule has 0 amide bonds. The number of hydrogen-bond donors (Lipinski definition) is 0. The molecule has 98 valence electrons. The molecule has 0 N–H and O–H groups in total. The first-order valence-electron chi connectivity index (χ1n) is 5.08. The first-order chi connectivity index (χ1) is 8.99. The van der Waals surface area contributed by atoms with E-state index in [9.17, 15) is 10.1 Å². The summed E-state index contributed by atoms with van der Waals surface area (Å²) in [6.45, 7) is 1.76. The molecule has 2 aromatic rings. The second-order valence-corrected chi connectivity index (χ2v) is 4.38. The number of nitro groups is 1. The molecular weight excluding hydrogens is 293 g/mol. The highest BCUT2D eigenvalue weighted by Gasteiger charge is 2.24. The average Bonchev–Trinajstić information content (AvgIpc) is 2.32. The Labute approximate surface area is 118 Å². The lowest BCUT2D eigenvalue weighted by molar-refractivity contribution is -0.386. The lowest BCUT2D eigenvalue weighted by atomic mass is 10.2. The zero-order valence-electron chi connectivity index (χ0n) is 9.63. The third kappa shape index (κ3) is 2.91. The molecular formula is C11H7Cl2N3O3. The second kappa shape index (κ2) is 5.38. The van der Waals surface area contributed by atoms with Crippen LogP contribution in [0.3, 0.4) is 0 Å². The number of benzene rings is 1. The Balaban J connectivity index is 2.44. The highest BCUT2D eigenvalue weighted by Crippen LogP contribution is 2.35. The average molecular weight is 300 g/mol. The Kier molecular flexibility index (Phi) is 3.82. The van der Waals surface area contributed by atoms with Crippen LogP contribution in [0.2, 0.25) is 10.2 Å².